The highest BCUT2D eigenvalue weighted by Crippen LogP contribution is 2.71. The van der Waals surface area contributed by atoms with Crippen molar-refractivity contribution in [3.05, 3.63) is 179 Å². The van der Waals surface area contributed by atoms with Gasteiger partial charge in [-0.1, -0.05) is 146 Å². The molecule has 0 aromatic heterocycles. The number of hydrogen-bond acceptors (Lipinski definition) is 0. The van der Waals surface area contributed by atoms with Crippen molar-refractivity contribution in [3.63, 3.8) is 0 Å². The molecule has 4 aliphatic rings. The molecular formula is C42H30. The minimum atomic E-state index is -0.124. The van der Waals surface area contributed by atoms with Crippen molar-refractivity contribution >= 4 is 0 Å². The van der Waals surface area contributed by atoms with E-state index in [2.05, 4.69) is 146 Å². The number of benzene rings is 6. The van der Waals surface area contributed by atoms with E-state index in [4.69, 9.17) is 0 Å². The predicted molar refractivity (Wildman–Crippen MR) is 172 cm³/mol. The molecule has 1 fully saturated rings. The molecule has 0 saturated heterocycles. The molecule has 0 heterocycles. The first-order valence-corrected chi connectivity index (χ1v) is 15.3. The van der Waals surface area contributed by atoms with Crippen LogP contribution in [0.3, 0.4) is 0 Å². The minimum absolute atomic E-state index is 0.124. The molecule has 0 N–H and O–H groups in total. The van der Waals surface area contributed by atoms with E-state index in [1.165, 1.54) is 66.8 Å². The van der Waals surface area contributed by atoms with Crippen LogP contribution in [0.1, 0.15) is 52.6 Å². The van der Waals surface area contributed by atoms with Gasteiger partial charge in [-0.25, -0.2) is 0 Å². The van der Waals surface area contributed by atoms with Crippen molar-refractivity contribution in [1.29, 1.82) is 0 Å². The van der Waals surface area contributed by atoms with Gasteiger partial charge in [0.25, 0.3) is 0 Å². The Morgan fingerprint density at radius 1 is 0.238 bits per heavy atom. The first-order valence-electron chi connectivity index (χ1n) is 15.3. The summed E-state index contributed by atoms with van der Waals surface area (Å²) in [4.78, 5) is 0. The summed E-state index contributed by atoms with van der Waals surface area (Å²) in [6, 6.07) is 55.8. The van der Waals surface area contributed by atoms with Crippen LogP contribution in [0.15, 0.2) is 146 Å². The first kappa shape index (κ1) is 22.9. The third-order valence-corrected chi connectivity index (χ3v) is 11.3. The minimum Gasteiger partial charge on any atom is -0.0619 e. The molecule has 0 aliphatic heterocycles. The lowest BCUT2D eigenvalue weighted by Crippen LogP contribution is -2.52. The molecular weight excluding hydrogens is 504 g/mol. The van der Waals surface area contributed by atoms with Crippen molar-refractivity contribution in [2.45, 2.75) is 35.5 Å². The van der Waals surface area contributed by atoms with E-state index in [0.29, 0.717) is 0 Å². The second kappa shape index (κ2) is 7.78. The molecule has 0 heteroatoms. The van der Waals surface area contributed by atoms with Gasteiger partial charge in [-0.15, -0.1) is 0 Å². The van der Waals surface area contributed by atoms with Crippen molar-refractivity contribution < 1.29 is 0 Å². The Balaban J connectivity index is 1.38. The second-order valence-corrected chi connectivity index (χ2v) is 13.1. The molecule has 0 radical (unpaired) electrons. The predicted octanol–water partition coefficient (Wildman–Crippen LogP) is 10.1. The quantitative estimate of drug-likeness (QED) is 0.182. The van der Waals surface area contributed by atoms with E-state index in [-0.39, 0.29) is 16.2 Å². The van der Waals surface area contributed by atoms with Gasteiger partial charge in [0, 0.05) is 16.2 Å². The smallest absolute Gasteiger partial charge is 0.0238 e. The van der Waals surface area contributed by atoms with Crippen LogP contribution in [0, 0.1) is 0 Å². The van der Waals surface area contributed by atoms with Gasteiger partial charge in [-0.3, -0.25) is 0 Å². The van der Waals surface area contributed by atoms with Gasteiger partial charge in [0.2, 0.25) is 0 Å². The van der Waals surface area contributed by atoms with E-state index in [1.807, 2.05) is 0 Å². The van der Waals surface area contributed by atoms with Crippen molar-refractivity contribution in [2.75, 3.05) is 0 Å². The average Bonchev–Trinajstić information content (AvgIpc) is 3.59. The van der Waals surface area contributed by atoms with Gasteiger partial charge in [-0.2, -0.15) is 0 Å². The zero-order chi connectivity index (χ0) is 27.5. The molecule has 0 atom stereocenters. The van der Waals surface area contributed by atoms with Gasteiger partial charge >= 0.3 is 0 Å². The van der Waals surface area contributed by atoms with Gasteiger partial charge in [-0.05, 0) is 86.0 Å². The second-order valence-electron chi connectivity index (χ2n) is 13.1. The van der Waals surface area contributed by atoms with Crippen LogP contribution in [-0.2, 0) is 16.2 Å². The third-order valence-electron chi connectivity index (χ3n) is 11.3. The summed E-state index contributed by atoms with van der Waals surface area (Å²) >= 11 is 0. The molecule has 42 heavy (non-hydrogen) atoms. The van der Waals surface area contributed by atoms with E-state index >= 15 is 0 Å². The maximum absolute atomic E-state index is 2.45. The van der Waals surface area contributed by atoms with Crippen LogP contribution >= 0.6 is 0 Å². The van der Waals surface area contributed by atoms with Crippen LogP contribution in [0.25, 0.3) is 33.4 Å². The zero-order valence-electron chi connectivity index (χ0n) is 23.5. The SMILES string of the molecule is c1ccc2c(c1)-c1ccccc1C21CC2(CC3(C1)c1ccccc1-c1ccccc13)c1ccccc1-c1ccccc12. The molecule has 6 aromatic carbocycles. The highest BCUT2D eigenvalue weighted by Gasteiger charge is 2.63. The largest absolute Gasteiger partial charge is 0.0619 e. The lowest BCUT2D eigenvalue weighted by Gasteiger charge is -2.55. The Hall–Kier alpha value is -4.68. The zero-order valence-corrected chi connectivity index (χ0v) is 23.5. The standard InChI is InChI=1S/C42H30/c1-7-19-34-28(13-1)29-14-2-8-20-35(29)40(34)25-41(36-21-9-3-15-30(36)31-16-4-10-22-37(31)41)27-42(26-40)38-23-11-5-17-32(38)33-18-6-12-24-39(33)42/h1-24H,25-27H2. The maximum Gasteiger partial charge on any atom is 0.0238 e. The van der Waals surface area contributed by atoms with Gasteiger partial charge < -0.3 is 0 Å². The van der Waals surface area contributed by atoms with Crippen LogP contribution in [0.5, 0.6) is 0 Å². The van der Waals surface area contributed by atoms with E-state index in [1.54, 1.807) is 0 Å². The lowest BCUT2D eigenvalue weighted by molar-refractivity contribution is 0.180. The van der Waals surface area contributed by atoms with Crippen LogP contribution in [0.2, 0.25) is 0 Å². The normalized spacial score (nSPS) is 18.3. The molecule has 0 bridgehead atoms. The molecule has 6 aromatic rings. The lowest BCUT2D eigenvalue weighted by atomic mass is 9.46. The summed E-state index contributed by atoms with van der Waals surface area (Å²) in [5.74, 6) is 0. The molecule has 0 nitrogen and oxygen atoms in total. The molecule has 3 spiro atoms. The Morgan fingerprint density at radius 3 is 0.595 bits per heavy atom. The highest BCUT2D eigenvalue weighted by atomic mass is 14.7. The van der Waals surface area contributed by atoms with Gasteiger partial charge in [0.1, 0.15) is 0 Å². The number of rotatable bonds is 0. The fourth-order valence-corrected chi connectivity index (χ4v) is 10.1. The Morgan fingerprint density at radius 2 is 0.405 bits per heavy atom. The summed E-state index contributed by atoms with van der Waals surface area (Å²) in [7, 11) is 0. The topological polar surface area (TPSA) is 0 Å². The van der Waals surface area contributed by atoms with Gasteiger partial charge in [0.05, 0.1) is 0 Å². The Bertz CT molecular complexity index is 1700. The summed E-state index contributed by atoms with van der Waals surface area (Å²) in [6.07, 6.45) is 3.23. The Labute approximate surface area is 247 Å². The van der Waals surface area contributed by atoms with Crippen LogP contribution < -0.4 is 0 Å². The van der Waals surface area contributed by atoms with Crippen LogP contribution in [0.4, 0.5) is 0 Å². The van der Waals surface area contributed by atoms with Crippen molar-refractivity contribution in [3.8, 4) is 33.4 Å². The fourth-order valence-electron chi connectivity index (χ4n) is 10.1. The fraction of sp³-hybridized carbons (Fsp3) is 0.143. The van der Waals surface area contributed by atoms with E-state index in [0.717, 1.165) is 19.3 Å². The van der Waals surface area contributed by atoms with Crippen molar-refractivity contribution in [2.24, 2.45) is 0 Å². The third kappa shape index (κ3) is 2.57. The maximum atomic E-state index is 2.45. The summed E-state index contributed by atoms with van der Waals surface area (Å²) in [5.41, 5.74) is 17.2. The van der Waals surface area contributed by atoms with E-state index in [9.17, 15) is 0 Å². The highest BCUT2D eigenvalue weighted by molar-refractivity contribution is 5.88. The number of fused-ring (bicyclic) bond motifs is 15. The first-order chi connectivity index (χ1) is 20.8. The molecule has 1 saturated carbocycles. The number of hydrogen-bond donors (Lipinski definition) is 0. The summed E-state index contributed by atoms with van der Waals surface area (Å²) in [6.45, 7) is 0. The van der Waals surface area contributed by atoms with Crippen molar-refractivity contribution in [1.82, 2.24) is 0 Å². The van der Waals surface area contributed by atoms with Gasteiger partial charge in [0.15, 0.2) is 0 Å². The Kier molecular flexibility index (Phi) is 4.25. The average molecular weight is 535 g/mol. The molecule has 0 amide bonds. The molecule has 4 aliphatic carbocycles. The molecule has 10 rings (SSSR count). The summed E-state index contributed by atoms with van der Waals surface area (Å²) < 4.78 is 0. The van der Waals surface area contributed by atoms with E-state index < -0.39 is 0 Å². The molecule has 0 unspecified atom stereocenters. The monoisotopic (exact) mass is 534 g/mol. The summed E-state index contributed by atoms with van der Waals surface area (Å²) in [5, 5.41) is 0. The van der Waals surface area contributed by atoms with Crippen LogP contribution in [-0.4, -0.2) is 0 Å². The molecule has 198 valence electrons.